The van der Waals surface area contributed by atoms with E-state index in [1.54, 1.807) is 0 Å². The lowest BCUT2D eigenvalue weighted by atomic mass is 10.1. The third-order valence-electron chi connectivity index (χ3n) is 8.31. The van der Waals surface area contributed by atoms with E-state index < -0.39 is 74.3 Å². The third-order valence-corrected chi connectivity index (χ3v) is 10.5. The van der Waals surface area contributed by atoms with Crippen LogP contribution >= 0.6 is 0 Å². The Morgan fingerprint density at radius 1 is 0.979 bits per heavy atom. The number of aromatic nitrogens is 1. The van der Waals surface area contributed by atoms with Crippen LogP contribution in [0.25, 0.3) is 0 Å². The molecule has 0 radical (unpaired) electrons. The zero-order chi connectivity index (χ0) is 34.9. The molecule has 15 heteroatoms. The maximum absolute atomic E-state index is 13.4. The second-order valence-electron chi connectivity index (χ2n) is 11.9. The van der Waals surface area contributed by atoms with E-state index in [9.17, 15) is 44.7 Å². The largest absolute Gasteiger partial charge is 0.480 e. The summed E-state index contributed by atoms with van der Waals surface area (Å²) in [5, 5.41) is 20.0. The summed E-state index contributed by atoms with van der Waals surface area (Å²) >= 11 is 0. The molecule has 1 aliphatic heterocycles. The first kappa shape index (κ1) is 38.1. The Morgan fingerprint density at radius 2 is 1.55 bits per heavy atom. The van der Waals surface area contributed by atoms with Crippen molar-refractivity contribution in [2.24, 2.45) is 0 Å². The number of nitrogens with zero attached hydrogens (tertiary/aromatic N) is 3. The van der Waals surface area contributed by atoms with Gasteiger partial charge in [0.1, 0.15) is 17.4 Å². The van der Waals surface area contributed by atoms with Crippen molar-refractivity contribution in [1.29, 1.82) is 5.26 Å². The van der Waals surface area contributed by atoms with Crippen LogP contribution in [0.4, 0.5) is 32.2 Å². The van der Waals surface area contributed by atoms with Crippen molar-refractivity contribution in [3.05, 3.63) is 53.7 Å². The number of carboxylic acid groups (broad SMARTS) is 1. The minimum Gasteiger partial charge on any atom is -0.480 e. The number of aliphatic carboxylic acids is 1. The molecule has 0 unspecified atom stereocenters. The minimum absolute atomic E-state index is 0.110. The van der Waals surface area contributed by atoms with Gasteiger partial charge in [-0.3, -0.25) is 5.32 Å². The lowest BCUT2D eigenvalue weighted by Crippen LogP contribution is -2.38. The highest BCUT2D eigenvalue weighted by Gasteiger charge is 2.48. The van der Waals surface area contributed by atoms with Crippen LogP contribution in [0.3, 0.4) is 0 Å². The van der Waals surface area contributed by atoms with Crippen LogP contribution in [0.2, 0.25) is 0 Å². The van der Waals surface area contributed by atoms with E-state index in [-0.39, 0.29) is 5.54 Å². The molecule has 0 amide bonds. The van der Waals surface area contributed by atoms with E-state index in [2.05, 4.69) is 23.3 Å². The van der Waals surface area contributed by atoms with Crippen molar-refractivity contribution in [3.63, 3.8) is 0 Å². The number of rotatable bonds is 14. The van der Waals surface area contributed by atoms with E-state index >= 15 is 0 Å². The number of hydrogen-bond donors (Lipinski definition) is 2. The lowest BCUT2D eigenvalue weighted by Gasteiger charge is -2.25. The summed E-state index contributed by atoms with van der Waals surface area (Å²) < 4.78 is 106. The second kappa shape index (κ2) is 16.1. The first-order valence-corrected chi connectivity index (χ1v) is 17.2. The lowest BCUT2D eigenvalue weighted by molar-refractivity contribution is -0.140. The molecule has 2 atom stereocenters. The van der Waals surface area contributed by atoms with Gasteiger partial charge in [-0.05, 0) is 56.5 Å². The number of carbonyl (C=O) groups is 1. The Kier molecular flexibility index (Phi) is 13.1. The number of nitriles is 1. The number of sulfone groups is 1. The van der Waals surface area contributed by atoms with Crippen LogP contribution in [0.15, 0.2) is 47.5 Å². The molecule has 2 N–H and O–H groups in total. The van der Waals surface area contributed by atoms with Gasteiger partial charge >= 0.3 is 18.3 Å². The Balaban J connectivity index is 0.000000316. The van der Waals surface area contributed by atoms with Crippen LogP contribution in [-0.2, 0) is 27.0 Å². The van der Waals surface area contributed by atoms with Gasteiger partial charge in [0.25, 0.3) is 0 Å². The average molecular weight is 691 g/mol. The van der Waals surface area contributed by atoms with Crippen LogP contribution in [0, 0.1) is 11.3 Å². The maximum Gasteiger partial charge on any atom is 0.419 e. The smallest absolute Gasteiger partial charge is 0.419 e. The number of nitrogens with one attached hydrogen (secondary N) is 1. The summed E-state index contributed by atoms with van der Waals surface area (Å²) in [5.41, 5.74) is -2.83. The topological polar surface area (TPSA) is 123 Å². The highest BCUT2D eigenvalue weighted by atomic mass is 32.2. The van der Waals surface area contributed by atoms with E-state index in [4.69, 9.17) is 5.26 Å². The molecule has 0 bridgehead atoms. The first-order valence-electron chi connectivity index (χ1n) is 15.7. The van der Waals surface area contributed by atoms with Gasteiger partial charge in [0.15, 0.2) is 9.84 Å². The number of benzene rings is 1. The molecular weight excluding hydrogens is 650 g/mol. The Hall–Kier alpha value is -3.38. The number of anilines is 1. The summed E-state index contributed by atoms with van der Waals surface area (Å²) in [6.07, 6.45) is 3.32. The average Bonchev–Trinajstić information content (AvgIpc) is 3.65. The van der Waals surface area contributed by atoms with Crippen molar-refractivity contribution < 1.29 is 44.7 Å². The number of unbranched alkanes of at least 4 members (excludes halogenated alkanes) is 7. The summed E-state index contributed by atoms with van der Waals surface area (Å²) in [7, 11) is -4.74. The summed E-state index contributed by atoms with van der Waals surface area (Å²) in [4.78, 5) is 14.8. The Bertz CT molecular complexity index is 1490. The standard InChI is InChI=1S/C18H14F6N2O4S.C14H26N2/c19-17(20,21)11-4-1-2-6-14(11)31(29,30)10-8-13(16(27)28)26(9-10)15-12(18(22,23)24)5-3-7-25-15;1-2-3-4-5-6-7-8-9-12-16-14(13-15)10-11-14/h1-7,10,13H,8-9H2,(H,27,28);16H,2-12H2,1H3/t10-,13+;/m1./s1. The van der Waals surface area contributed by atoms with Gasteiger partial charge in [0.05, 0.1) is 27.3 Å². The molecule has 1 aliphatic carbocycles. The van der Waals surface area contributed by atoms with Crippen molar-refractivity contribution in [1.82, 2.24) is 10.3 Å². The summed E-state index contributed by atoms with van der Waals surface area (Å²) in [5.74, 6) is -2.43. The molecule has 1 saturated carbocycles. The quantitative estimate of drug-likeness (QED) is 0.155. The molecule has 1 saturated heterocycles. The molecule has 2 aliphatic rings. The predicted molar refractivity (Wildman–Crippen MR) is 163 cm³/mol. The molecule has 260 valence electrons. The van der Waals surface area contributed by atoms with Crippen molar-refractivity contribution in [3.8, 4) is 6.07 Å². The SMILES string of the molecule is CCCCCCCCCCNC1(C#N)CC1.O=C(O)[C@@H]1C[C@@H](S(=O)(=O)c2ccccc2C(F)(F)F)CN1c1ncccc1C(F)(F)F. The van der Waals surface area contributed by atoms with Crippen molar-refractivity contribution in [2.45, 2.75) is 112 Å². The zero-order valence-corrected chi connectivity index (χ0v) is 26.9. The highest BCUT2D eigenvalue weighted by molar-refractivity contribution is 7.92. The van der Waals surface area contributed by atoms with Crippen LogP contribution in [0.1, 0.15) is 88.7 Å². The molecular formula is C32H40F6N4O4S. The summed E-state index contributed by atoms with van der Waals surface area (Å²) in [6.45, 7) is 2.52. The fourth-order valence-electron chi connectivity index (χ4n) is 5.51. The fourth-order valence-corrected chi connectivity index (χ4v) is 7.42. The molecule has 4 rings (SSSR count). The molecule has 2 aromatic rings. The molecule has 0 spiro atoms. The fraction of sp³-hybridized carbons (Fsp3) is 0.594. The van der Waals surface area contributed by atoms with E-state index in [1.165, 1.54) is 51.4 Å². The van der Waals surface area contributed by atoms with Crippen LogP contribution < -0.4 is 10.2 Å². The normalized spacial score (nSPS) is 19.1. The molecule has 2 heterocycles. The number of alkyl halides is 6. The van der Waals surface area contributed by atoms with Crippen molar-refractivity contribution >= 4 is 21.6 Å². The molecule has 47 heavy (non-hydrogen) atoms. The highest BCUT2D eigenvalue weighted by Crippen LogP contribution is 2.41. The van der Waals surface area contributed by atoms with Crippen LogP contribution in [-0.4, -0.2) is 54.4 Å². The van der Waals surface area contributed by atoms with E-state index in [1.807, 2.05) is 0 Å². The predicted octanol–water partition coefficient (Wildman–Crippen LogP) is 7.40. The van der Waals surface area contributed by atoms with Gasteiger partial charge in [-0.15, -0.1) is 0 Å². The van der Waals surface area contributed by atoms with Gasteiger partial charge < -0.3 is 10.0 Å². The van der Waals surface area contributed by atoms with Gasteiger partial charge in [-0.25, -0.2) is 18.2 Å². The van der Waals surface area contributed by atoms with Gasteiger partial charge in [-0.1, -0.05) is 64.0 Å². The number of halogens is 6. The third kappa shape index (κ3) is 10.3. The number of carboxylic acids is 1. The van der Waals surface area contributed by atoms with E-state index in [0.29, 0.717) is 17.0 Å². The second-order valence-corrected chi connectivity index (χ2v) is 14.1. The Morgan fingerprint density at radius 3 is 2.11 bits per heavy atom. The number of pyridine rings is 1. The van der Waals surface area contributed by atoms with Crippen LogP contribution in [0.5, 0.6) is 0 Å². The molecule has 2 fully saturated rings. The zero-order valence-electron chi connectivity index (χ0n) is 26.1. The Labute approximate surface area is 271 Å². The minimum atomic E-state index is -5.00. The molecule has 1 aromatic carbocycles. The molecule has 8 nitrogen and oxygen atoms in total. The molecule has 1 aromatic heterocycles. The summed E-state index contributed by atoms with van der Waals surface area (Å²) in [6, 6.07) is 5.64. The van der Waals surface area contributed by atoms with Gasteiger partial charge in [0, 0.05) is 12.7 Å². The van der Waals surface area contributed by atoms with E-state index in [0.717, 1.165) is 49.8 Å². The van der Waals surface area contributed by atoms with Crippen molar-refractivity contribution in [2.75, 3.05) is 18.0 Å². The monoisotopic (exact) mass is 690 g/mol. The maximum atomic E-state index is 13.4. The van der Waals surface area contributed by atoms with Gasteiger partial charge in [0.2, 0.25) is 0 Å². The van der Waals surface area contributed by atoms with Gasteiger partial charge in [-0.2, -0.15) is 31.6 Å². The number of hydrogen-bond acceptors (Lipinski definition) is 7. The first-order chi connectivity index (χ1) is 22.1.